The van der Waals surface area contributed by atoms with Crippen molar-refractivity contribution in [1.29, 1.82) is 0 Å². The molecule has 0 aliphatic carbocycles. The molecule has 0 spiro atoms. The molecule has 2 aromatic carbocycles. The number of amides is 1. The van der Waals surface area contributed by atoms with Crippen molar-refractivity contribution < 1.29 is 18.3 Å². The van der Waals surface area contributed by atoms with E-state index < -0.39 is 23.2 Å². The fraction of sp³-hybridized carbons (Fsp3) is 0.273. The zero-order valence-corrected chi connectivity index (χ0v) is 16.2. The molecule has 156 valence electrons. The second-order valence-electron chi connectivity index (χ2n) is 7.58. The van der Waals surface area contributed by atoms with Crippen molar-refractivity contribution in [2.75, 3.05) is 6.54 Å². The smallest absolute Gasteiger partial charge is 0.278 e. The zero-order chi connectivity index (χ0) is 21.7. The van der Waals surface area contributed by atoms with Gasteiger partial charge in [0.25, 0.3) is 11.5 Å². The van der Waals surface area contributed by atoms with Gasteiger partial charge in [-0.2, -0.15) is 4.68 Å². The van der Waals surface area contributed by atoms with E-state index in [1.54, 1.807) is 4.90 Å². The number of benzene rings is 2. The highest BCUT2D eigenvalue weighted by Crippen LogP contribution is 2.34. The van der Waals surface area contributed by atoms with Crippen LogP contribution >= 0.6 is 0 Å². The molecular weight excluding hydrogens is 406 g/mol. The SMILES string of the molecule is C#C[C@H](Cc1cc(F)cc(F)c1)n1nnc2cc3c(cc2c1=O)O[C@@H]1CCCN1C3=O. The van der Waals surface area contributed by atoms with Crippen LogP contribution in [-0.2, 0) is 6.42 Å². The number of halogens is 2. The summed E-state index contributed by atoms with van der Waals surface area (Å²) >= 11 is 0. The Kier molecular flexibility index (Phi) is 4.43. The number of ether oxygens (including phenoxy) is 1. The number of aromatic nitrogens is 3. The molecule has 9 heteroatoms. The van der Waals surface area contributed by atoms with Gasteiger partial charge >= 0.3 is 0 Å². The van der Waals surface area contributed by atoms with Crippen molar-refractivity contribution in [1.82, 2.24) is 19.9 Å². The monoisotopic (exact) mass is 422 g/mol. The Bertz CT molecular complexity index is 1310. The van der Waals surface area contributed by atoms with E-state index in [2.05, 4.69) is 16.2 Å². The Balaban J connectivity index is 1.56. The Labute approximate surface area is 175 Å². The van der Waals surface area contributed by atoms with E-state index >= 15 is 0 Å². The van der Waals surface area contributed by atoms with Crippen LogP contribution in [0.3, 0.4) is 0 Å². The Morgan fingerprint density at radius 3 is 2.71 bits per heavy atom. The molecule has 0 radical (unpaired) electrons. The van der Waals surface area contributed by atoms with Crippen molar-refractivity contribution in [3.05, 3.63) is 63.4 Å². The van der Waals surface area contributed by atoms with Gasteiger partial charge in [-0.3, -0.25) is 9.59 Å². The van der Waals surface area contributed by atoms with Gasteiger partial charge in [-0.1, -0.05) is 11.1 Å². The van der Waals surface area contributed by atoms with E-state index in [-0.39, 0.29) is 35.0 Å². The van der Waals surface area contributed by atoms with Gasteiger partial charge in [0.15, 0.2) is 6.23 Å². The summed E-state index contributed by atoms with van der Waals surface area (Å²) < 4.78 is 34.0. The molecule has 2 aliphatic rings. The van der Waals surface area contributed by atoms with Crippen molar-refractivity contribution in [2.45, 2.75) is 31.5 Å². The number of hydrogen-bond donors (Lipinski definition) is 0. The van der Waals surface area contributed by atoms with Gasteiger partial charge in [0.2, 0.25) is 0 Å². The first-order chi connectivity index (χ1) is 14.9. The van der Waals surface area contributed by atoms with E-state index in [9.17, 15) is 18.4 Å². The van der Waals surface area contributed by atoms with Gasteiger partial charge < -0.3 is 9.64 Å². The first kappa shape index (κ1) is 19.2. The fourth-order valence-electron chi connectivity index (χ4n) is 4.11. The molecule has 2 atom stereocenters. The minimum absolute atomic E-state index is 0.0117. The minimum Gasteiger partial charge on any atom is -0.470 e. The average molecular weight is 422 g/mol. The normalized spacial score (nSPS) is 18.3. The largest absolute Gasteiger partial charge is 0.470 e. The van der Waals surface area contributed by atoms with E-state index in [0.29, 0.717) is 17.9 Å². The molecule has 3 aromatic rings. The Morgan fingerprint density at radius 1 is 1.19 bits per heavy atom. The van der Waals surface area contributed by atoms with Crippen LogP contribution in [-0.4, -0.2) is 38.6 Å². The molecule has 0 bridgehead atoms. The van der Waals surface area contributed by atoms with Crippen molar-refractivity contribution in [3.63, 3.8) is 0 Å². The lowest BCUT2D eigenvalue weighted by Gasteiger charge is -2.31. The minimum atomic E-state index is -0.908. The number of carbonyl (C=O) groups is 1. The van der Waals surface area contributed by atoms with Crippen LogP contribution in [0, 0.1) is 24.0 Å². The maximum absolute atomic E-state index is 13.5. The molecular formula is C22H16F2N4O3. The maximum Gasteiger partial charge on any atom is 0.278 e. The number of rotatable bonds is 3. The van der Waals surface area contributed by atoms with Crippen molar-refractivity contribution in [2.24, 2.45) is 0 Å². The molecule has 1 fully saturated rings. The molecule has 5 rings (SSSR count). The molecule has 1 aromatic heterocycles. The molecule has 31 heavy (non-hydrogen) atoms. The van der Waals surface area contributed by atoms with Gasteiger partial charge in [0.05, 0.1) is 10.9 Å². The fourth-order valence-corrected chi connectivity index (χ4v) is 4.11. The van der Waals surface area contributed by atoms with Crippen LogP contribution in [0.15, 0.2) is 35.1 Å². The van der Waals surface area contributed by atoms with Crippen molar-refractivity contribution >= 4 is 16.8 Å². The summed E-state index contributed by atoms with van der Waals surface area (Å²) in [5.74, 6) is 1.12. The summed E-state index contributed by atoms with van der Waals surface area (Å²) in [7, 11) is 0. The second-order valence-corrected chi connectivity index (χ2v) is 7.58. The molecule has 0 N–H and O–H groups in total. The first-order valence-corrected chi connectivity index (χ1v) is 9.76. The van der Waals surface area contributed by atoms with E-state index in [1.165, 1.54) is 12.1 Å². The summed E-state index contributed by atoms with van der Waals surface area (Å²) in [6, 6.07) is 5.13. The Morgan fingerprint density at radius 2 is 1.97 bits per heavy atom. The number of fused-ring (bicyclic) bond motifs is 3. The van der Waals surface area contributed by atoms with Gasteiger partial charge in [-0.25, -0.2) is 8.78 Å². The Hall–Kier alpha value is -3.80. The summed E-state index contributed by atoms with van der Waals surface area (Å²) in [5.41, 5.74) is 0.329. The highest BCUT2D eigenvalue weighted by Gasteiger charge is 2.37. The van der Waals surface area contributed by atoms with Crippen LogP contribution in [0.4, 0.5) is 8.78 Å². The lowest BCUT2D eigenvalue weighted by Crippen LogP contribution is -2.43. The maximum atomic E-state index is 13.5. The van der Waals surface area contributed by atoms with E-state index in [1.807, 2.05) is 0 Å². The molecule has 1 saturated heterocycles. The van der Waals surface area contributed by atoms with Crippen molar-refractivity contribution in [3.8, 4) is 18.1 Å². The topological polar surface area (TPSA) is 77.3 Å². The predicted octanol–water partition coefficient (Wildman–Crippen LogP) is 2.44. The van der Waals surface area contributed by atoms with Gasteiger partial charge in [0, 0.05) is 25.5 Å². The lowest BCUT2D eigenvalue weighted by molar-refractivity contribution is 0.0295. The highest BCUT2D eigenvalue weighted by atomic mass is 19.1. The zero-order valence-electron chi connectivity index (χ0n) is 16.2. The summed E-state index contributed by atoms with van der Waals surface area (Å²) in [6.07, 6.45) is 6.82. The first-order valence-electron chi connectivity index (χ1n) is 9.76. The third-order valence-corrected chi connectivity index (χ3v) is 5.58. The third-order valence-electron chi connectivity index (χ3n) is 5.58. The van der Waals surface area contributed by atoms with Crippen LogP contribution in [0.2, 0.25) is 0 Å². The summed E-state index contributed by atoms with van der Waals surface area (Å²) in [6.45, 7) is 0.624. The average Bonchev–Trinajstić information content (AvgIpc) is 3.20. The highest BCUT2D eigenvalue weighted by molar-refractivity contribution is 6.01. The second kappa shape index (κ2) is 7.16. The van der Waals surface area contributed by atoms with Gasteiger partial charge in [-0.05, 0) is 36.2 Å². The number of hydrogen-bond acceptors (Lipinski definition) is 5. The third kappa shape index (κ3) is 3.20. The number of carbonyl (C=O) groups excluding carboxylic acids is 1. The van der Waals surface area contributed by atoms with Crippen LogP contribution in [0.5, 0.6) is 5.75 Å². The standard InChI is InChI=1S/C22H16F2N4O3/c1-2-15(8-12-6-13(23)9-14(24)7-12)28-22(30)16-11-19-17(10-18(16)25-26-28)21(29)27-5-3-4-20(27)31-19/h1,6-7,9-11,15,20H,3-5,8H2/t15-,20-/m1/s1. The predicted molar refractivity (Wildman–Crippen MR) is 106 cm³/mol. The summed E-state index contributed by atoms with van der Waals surface area (Å²) in [5, 5.41) is 8.17. The van der Waals surface area contributed by atoms with E-state index in [0.717, 1.165) is 35.7 Å². The van der Waals surface area contributed by atoms with Crippen LogP contribution in [0.25, 0.3) is 10.9 Å². The molecule has 0 unspecified atom stereocenters. The van der Waals surface area contributed by atoms with Crippen LogP contribution < -0.4 is 10.3 Å². The molecule has 1 amide bonds. The molecule has 2 aliphatic heterocycles. The molecule has 3 heterocycles. The van der Waals surface area contributed by atoms with E-state index in [4.69, 9.17) is 11.2 Å². The molecule has 0 saturated carbocycles. The lowest BCUT2D eigenvalue weighted by atomic mass is 10.1. The van der Waals surface area contributed by atoms with Gasteiger partial charge in [0.1, 0.15) is 28.9 Å². The molecule has 7 nitrogen and oxygen atoms in total. The van der Waals surface area contributed by atoms with Gasteiger partial charge in [-0.15, -0.1) is 11.5 Å². The number of terminal acetylenes is 1. The number of nitrogens with zero attached hydrogens (tertiary/aromatic N) is 4. The van der Waals surface area contributed by atoms with Crippen LogP contribution in [0.1, 0.15) is 34.8 Å². The summed E-state index contributed by atoms with van der Waals surface area (Å²) in [4.78, 5) is 27.5. The quantitative estimate of drug-likeness (QED) is 0.606.